The predicted molar refractivity (Wildman–Crippen MR) is 115 cm³/mol. The van der Waals surface area contributed by atoms with Crippen molar-refractivity contribution in [3.8, 4) is 0 Å². The molecule has 2 aliphatic heterocycles. The number of nitrogens with zero attached hydrogens (tertiary/aromatic N) is 2. The van der Waals surface area contributed by atoms with Gasteiger partial charge in [-0.05, 0) is 30.7 Å². The lowest BCUT2D eigenvalue weighted by Gasteiger charge is -2.23. The second-order valence-electron chi connectivity index (χ2n) is 6.04. The van der Waals surface area contributed by atoms with Gasteiger partial charge in [-0.25, -0.2) is 0 Å². The first-order valence-electron chi connectivity index (χ1n) is 8.03. The van der Waals surface area contributed by atoms with Crippen molar-refractivity contribution in [1.82, 2.24) is 4.90 Å². The summed E-state index contributed by atoms with van der Waals surface area (Å²) in [5, 5.41) is 1.59. The van der Waals surface area contributed by atoms with E-state index in [9.17, 15) is 4.79 Å². The summed E-state index contributed by atoms with van der Waals surface area (Å²) < 4.78 is 0.594. The largest absolute Gasteiger partial charge is 0.337 e. The molecule has 0 unspecified atom stereocenters. The van der Waals surface area contributed by atoms with Gasteiger partial charge in [0.1, 0.15) is 9.23 Å². The summed E-state index contributed by atoms with van der Waals surface area (Å²) in [4.78, 5) is 18.7. The van der Waals surface area contributed by atoms with Crippen molar-refractivity contribution in [2.24, 2.45) is 0 Å². The maximum Gasteiger partial charge on any atom is 0.269 e. The third-order valence-electron chi connectivity index (χ3n) is 4.46. The Labute approximate surface area is 171 Å². The molecule has 2 heterocycles. The van der Waals surface area contributed by atoms with Gasteiger partial charge in [0.15, 0.2) is 0 Å². The van der Waals surface area contributed by atoms with Crippen LogP contribution in [-0.2, 0) is 4.79 Å². The lowest BCUT2D eigenvalue weighted by Crippen LogP contribution is -2.31. The van der Waals surface area contributed by atoms with E-state index in [1.807, 2.05) is 67.4 Å². The van der Waals surface area contributed by atoms with Crippen molar-refractivity contribution in [3.05, 3.63) is 69.1 Å². The van der Waals surface area contributed by atoms with Crippen LogP contribution in [0.25, 0.3) is 0 Å². The predicted octanol–water partition coefficient (Wildman–Crippen LogP) is 5.67. The summed E-state index contributed by atoms with van der Waals surface area (Å²) in [6, 6.07) is 15.6. The fraction of sp³-hybridized carbons (Fsp3) is 0.158. The van der Waals surface area contributed by atoms with Crippen LogP contribution < -0.4 is 4.90 Å². The number of thiocarbonyl (C=S) groups is 1. The average Bonchev–Trinajstić information content (AvgIpc) is 3.11. The molecule has 2 aromatic rings. The number of carbonyl (C=O) groups excluding carboxylic acids is 1. The van der Waals surface area contributed by atoms with Gasteiger partial charge in [-0.3, -0.25) is 9.69 Å². The number of carbonyl (C=O) groups is 1. The Morgan fingerprint density at radius 3 is 2.58 bits per heavy atom. The number of hydrogen-bond donors (Lipinski definition) is 0. The molecule has 26 heavy (non-hydrogen) atoms. The van der Waals surface area contributed by atoms with E-state index in [1.165, 1.54) is 11.8 Å². The van der Waals surface area contributed by atoms with Gasteiger partial charge in [0.25, 0.3) is 5.91 Å². The van der Waals surface area contributed by atoms with E-state index >= 15 is 0 Å². The van der Waals surface area contributed by atoms with Gasteiger partial charge in [0, 0.05) is 17.0 Å². The van der Waals surface area contributed by atoms with Crippen molar-refractivity contribution in [3.63, 3.8) is 0 Å². The second-order valence-corrected chi connectivity index (χ2v) is 9.15. The van der Waals surface area contributed by atoms with Gasteiger partial charge in [-0.2, -0.15) is 0 Å². The molecule has 4 rings (SSSR count). The van der Waals surface area contributed by atoms with Crippen LogP contribution in [0.5, 0.6) is 0 Å². The Bertz CT molecular complexity index is 945. The number of fused-ring (bicyclic) bond motifs is 1. The Morgan fingerprint density at radius 2 is 1.85 bits per heavy atom. The molecule has 0 spiro atoms. The van der Waals surface area contributed by atoms with Crippen molar-refractivity contribution >= 4 is 63.3 Å². The molecule has 1 amide bonds. The quantitative estimate of drug-likeness (QED) is 0.461. The first-order chi connectivity index (χ1) is 12.5. The molecule has 7 heteroatoms. The van der Waals surface area contributed by atoms with Crippen LogP contribution >= 0.6 is 47.3 Å². The smallest absolute Gasteiger partial charge is 0.269 e. The Balaban J connectivity index is 1.69. The van der Waals surface area contributed by atoms with E-state index in [0.29, 0.717) is 14.2 Å². The monoisotopic (exact) mass is 418 g/mol. The highest BCUT2D eigenvalue weighted by atomic mass is 35.5. The standard InChI is InChI=1S/C19H15ClN2OS3/c1-11(12-6-4-3-5-7-12)22-17(23)16(26-19(22)24)18-21(2)14-10-13(20)8-9-15(14)25-18/h3-11H,1-2H3/b18-16-/t11-/m0/s1. The van der Waals surface area contributed by atoms with E-state index in [4.69, 9.17) is 23.8 Å². The van der Waals surface area contributed by atoms with Gasteiger partial charge in [-0.1, -0.05) is 77.7 Å². The minimum absolute atomic E-state index is 0.0374. The molecule has 0 radical (unpaired) electrons. The van der Waals surface area contributed by atoms with E-state index in [0.717, 1.165) is 21.2 Å². The molecule has 2 aliphatic rings. The van der Waals surface area contributed by atoms with Crippen LogP contribution in [0, 0.1) is 0 Å². The van der Waals surface area contributed by atoms with E-state index in [1.54, 1.807) is 16.7 Å². The molecule has 0 bridgehead atoms. The van der Waals surface area contributed by atoms with Gasteiger partial charge in [0.2, 0.25) is 0 Å². The highest BCUT2D eigenvalue weighted by molar-refractivity contribution is 8.27. The van der Waals surface area contributed by atoms with Crippen LogP contribution in [0.2, 0.25) is 5.02 Å². The number of amides is 1. The summed E-state index contributed by atoms with van der Waals surface area (Å²) in [5.41, 5.74) is 2.08. The summed E-state index contributed by atoms with van der Waals surface area (Å²) in [5.74, 6) is -0.0374. The molecule has 0 aliphatic carbocycles. The normalized spacial score (nSPS) is 20.7. The van der Waals surface area contributed by atoms with Crippen LogP contribution in [0.3, 0.4) is 0 Å². The zero-order chi connectivity index (χ0) is 18.4. The van der Waals surface area contributed by atoms with E-state index in [-0.39, 0.29) is 11.9 Å². The minimum Gasteiger partial charge on any atom is -0.337 e. The zero-order valence-electron chi connectivity index (χ0n) is 14.1. The van der Waals surface area contributed by atoms with Gasteiger partial charge in [0.05, 0.1) is 16.8 Å². The van der Waals surface area contributed by atoms with Crippen LogP contribution in [0.15, 0.2) is 63.4 Å². The van der Waals surface area contributed by atoms with Crippen molar-refractivity contribution < 1.29 is 4.79 Å². The highest BCUT2D eigenvalue weighted by Crippen LogP contribution is 2.51. The van der Waals surface area contributed by atoms with Crippen molar-refractivity contribution in [2.45, 2.75) is 17.9 Å². The van der Waals surface area contributed by atoms with Crippen molar-refractivity contribution in [2.75, 3.05) is 11.9 Å². The number of halogens is 1. The number of benzene rings is 2. The Kier molecular flexibility index (Phi) is 4.77. The molecule has 1 saturated heterocycles. The Hall–Kier alpha value is -1.47. The maximum atomic E-state index is 13.2. The molecule has 0 saturated carbocycles. The minimum atomic E-state index is -0.102. The van der Waals surface area contributed by atoms with E-state index in [2.05, 4.69) is 0 Å². The second kappa shape index (κ2) is 6.93. The van der Waals surface area contributed by atoms with Gasteiger partial charge >= 0.3 is 0 Å². The molecule has 1 atom stereocenters. The summed E-state index contributed by atoms with van der Waals surface area (Å²) >= 11 is 14.6. The number of rotatable bonds is 2. The van der Waals surface area contributed by atoms with Gasteiger partial charge in [-0.15, -0.1) is 0 Å². The zero-order valence-corrected chi connectivity index (χ0v) is 17.3. The summed E-state index contributed by atoms with van der Waals surface area (Å²) in [6.45, 7) is 2.01. The average molecular weight is 419 g/mol. The fourth-order valence-electron chi connectivity index (χ4n) is 3.04. The highest BCUT2D eigenvalue weighted by Gasteiger charge is 2.40. The molecule has 1 fully saturated rings. The molecule has 0 N–H and O–H groups in total. The SMILES string of the molecule is C[C@@H](c1ccccc1)N1C(=O)/C(=C2/Sc3ccc(Cl)cc3N2C)SC1=S. The molecular weight excluding hydrogens is 404 g/mol. The summed E-state index contributed by atoms with van der Waals surface area (Å²) in [7, 11) is 1.96. The van der Waals surface area contributed by atoms with E-state index < -0.39 is 0 Å². The number of thioether (sulfide) groups is 2. The summed E-state index contributed by atoms with van der Waals surface area (Å²) in [6.07, 6.45) is 0. The maximum absolute atomic E-state index is 13.2. The topological polar surface area (TPSA) is 23.6 Å². The number of anilines is 1. The molecule has 132 valence electrons. The third kappa shape index (κ3) is 2.95. The van der Waals surface area contributed by atoms with Crippen LogP contribution in [0.1, 0.15) is 18.5 Å². The third-order valence-corrected chi connectivity index (χ3v) is 7.45. The van der Waals surface area contributed by atoms with Crippen LogP contribution in [0.4, 0.5) is 5.69 Å². The lowest BCUT2D eigenvalue weighted by molar-refractivity contribution is -0.123. The van der Waals surface area contributed by atoms with Crippen LogP contribution in [-0.4, -0.2) is 22.2 Å². The molecule has 2 aromatic carbocycles. The lowest BCUT2D eigenvalue weighted by atomic mass is 10.1. The molecular formula is C19H15ClN2OS3. The Morgan fingerprint density at radius 1 is 1.12 bits per heavy atom. The van der Waals surface area contributed by atoms with Crippen molar-refractivity contribution in [1.29, 1.82) is 0 Å². The van der Waals surface area contributed by atoms with Gasteiger partial charge < -0.3 is 4.90 Å². The molecule has 0 aromatic heterocycles. The molecule has 3 nitrogen and oxygen atoms in total. The number of hydrogen-bond acceptors (Lipinski definition) is 5. The first kappa shape index (κ1) is 17.9. The fourth-order valence-corrected chi connectivity index (χ4v) is 5.93. The first-order valence-corrected chi connectivity index (χ1v) is 10.4.